The summed E-state index contributed by atoms with van der Waals surface area (Å²) in [6.07, 6.45) is 0.560. The van der Waals surface area contributed by atoms with E-state index in [-0.39, 0.29) is 23.5 Å². The second-order valence-electron chi connectivity index (χ2n) is 7.24. The standard InChI is InChI=1S/C13H27FN2/c1-11(2,3)10-7-13(14,8-15)9-16(10)12(4,5)6/h10H,7-9,15H2,1-6H3/t10-,13?/m0/s1. The van der Waals surface area contributed by atoms with Gasteiger partial charge in [-0.3, -0.25) is 4.90 Å². The molecule has 0 aromatic carbocycles. The summed E-state index contributed by atoms with van der Waals surface area (Å²) in [6, 6.07) is 0.265. The van der Waals surface area contributed by atoms with Gasteiger partial charge in [0.05, 0.1) is 0 Å². The van der Waals surface area contributed by atoms with Crippen LogP contribution in [0.2, 0.25) is 0 Å². The first-order valence-electron chi connectivity index (χ1n) is 6.15. The highest BCUT2D eigenvalue weighted by atomic mass is 19.1. The largest absolute Gasteiger partial charge is 0.327 e. The number of alkyl halides is 1. The fourth-order valence-electron chi connectivity index (χ4n) is 2.56. The summed E-state index contributed by atoms with van der Waals surface area (Å²) in [6.45, 7) is 13.6. The fourth-order valence-corrected chi connectivity index (χ4v) is 2.56. The Morgan fingerprint density at radius 1 is 1.25 bits per heavy atom. The zero-order valence-electron chi connectivity index (χ0n) is 11.6. The van der Waals surface area contributed by atoms with Crippen molar-refractivity contribution in [1.29, 1.82) is 0 Å². The number of nitrogens with zero attached hydrogens (tertiary/aromatic N) is 1. The third kappa shape index (κ3) is 2.75. The van der Waals surface area contributed by atoms with Gasteiger partial charge in [0, 0.05) is 24.7 Å². The number of hydrogen-bond donors (Lipinski definition) is 1. The second-order valence-corrected chi connectivity index (χ2v) is 7.24. The molecular weight excluding hydrogens is 203 g/mol. The maximum Gasteiger partial charge on any atom is 0.137 e. The van der Waals surface area contributed by atoms with Crippen LogP contribution in [0.25, 0.3) is 0 Å². The molecule has 1 fully saturated rings. The Balaban J connectivity index is 2.98. The van der Waals surface area contributed by atoms with Gasteiger partial charge in [0.2, 0.25) is 0 Å². The fraction of sp³-hybridized carbons (Fsp3) is 1.00. The van der Waals surface area contributed by atoms with Crippen molar-refractivity contribution >= 4 is 0 Å². The van der Waals surface area contributed by atoms with E-state index < -0.39 is 5.67 Å². The lowest BCUT2D eigenvalue weighted by atomic mass is 9.82. The van der Waals surface area contributed by atoms with Gasteiger partial charge in [-0.25, -0.2) is 4.39 Å². The van der Waals surface area contributed by atoms with E-state index in [1.54, 1.807) is 0 Å². The molecule has 2 nitrogen and oxygen atoms in total. The first kappa shape index (κ1) is 13.9. The van der Waals surface area contributed by atoms with Crippen LogP contribution in [0.3, 0.4) is 0 Å². The molecule has 0 amide bonds. The van der Waals surface area contributed by atoms with Crippen molar-refractivity contribution in [3.8, 4) is 0 Å². The molecule has 1 unspecified atom stereocenters. The Bertz CT molecular complexity index is 228. The Kier molecular flexibility index (Phi) is 3.44. The molecule has 96 valence electrons. The van der Waals surface area contributed by atoms with Crippen LogP contribution in [0.4, 0.5) is 4.39 Å². The molecule has 0 saturated carbocycles. The number of hydrogen-bond acceptors (Lipinski definition) is 2. The molecule has 3 heteroatoms. The minimum absolute atomic E-state index is 0.000949. The molecule has 0 bridgehead atoms. The van der Waals surface area contributed by atoms with Gasteiger partial charge >= 0.3 is 0 Å². The molecule has 1 aliphatic rings. The van der Waals surface area contributed by atoms with Gasteiger partial charge in [-0.2, -0.15) is 0 Å². The van der Waals surface area contributed by atoms with Crippen molar-refractivity contribution in [2.24, 2.45) is 11.1 Å². The van der Waals surface area contributed by atoms with Gasteiger partial charge in [-0.05, 0) is 32.6 Å². The Morgan fingerprint density at radius 2 is 1.75 bits per heavy atom. The lowest BCUT2D eigenvalue weighted by Crippen LogP contribution is -2.50. The van der Waals surface area contributed by atoms with Crippen LogP contribution in [0.1, 0.15) is 48.0 Å². The van der Waals surface area contributed by atoms with E-state index in [9.17, 15) is 4.39 Å². The first-order valence-corrected chi connectivity index (χ1v) is 6.15. The Labute approximate surface area is 99.4 Å². The SMILES string of the molecule is CC(C)(C)[C@@H]1CC(F)(CN)CN1C(C)(C)C. The van der Waals surface area contributed by atoms with E-state index in [4.69, 9.17) is 5.73 Å². The summed E-state index contributed by atoms with van der Waals surface area (Å²) < 4.78 is 14.4. The molecule has 1 rings (SSSR count). The van der Waals surface area contributed by atoms with Gasteiger partial charge in [-0.15, -0.1) is 0 Å². The van der Waals surface area contributed by atoms with E-state index in [1.165, 1.54) is 0 Å². The van der Waals surface area contributed by atoms with E-state index in [2.05, 4.69) is 46.4 Å². The molecule has 0 aromatic rings. The van der Waals surface area contributed by atoms with Crippen molar-refractivity contribution < 1.29 is 4.39 Å². The second kappa shape index (κ2) is 3.95. The van der Waals surface area contributed by atoms with Crippen LogP contribution in [0.5, 0.6) is 0 Å². The normalized spacial score (nSPS) is 33.4. The smallest absolute Gasteiger partial charge is 0.137 e. The third-order valence-electron chi connectivity index (χ3n) is 3.62. The minimum Gasteiger partial charge on any atom is -0.327 e. The predicted molar refractivity (Wildman–Crippen MR) is 67.2 cm³/mol. The highest BCUT2D eigenvalue weighted by molar-refractivity contribution is 5.04. The topological polar surface area (TPSA) is 29.3 Å². The summed E-state index contributed by atoms with van der Waals surface area (Å²) in [7, 11) is 0. The molecular formula is C13H27FN2. The molecule has 0 aromatic heterocycles. The average Bonchev–Trinajstić information content (AvgIpc) is 2.43. The van der Waals surface area contributed by atoms with Crippen molar-refractivity contribution in [1.82, 2.24) is 4.90 Å². The lowest BCUT2D eigenvalue weighted by molar-refractivity contribution is 0.0540. The zero-order valence-corrected chi connectivity index (χ0v) is 11.6. The summed E-state index contributed by atoms with van der Waals surface area (Å²) in [5, 5.41) is 0. The predicted octanol–water partition coefficient (Wildman–Crippen LogP) is 2.57. The van der Waals surface area contributed by atoms with E-state index >= 15 is 0 Å². The molecule has 2 N–H and O–H groups in total. The molecule has 1 aliphatic heterocycles. The number of halogens is 1. The van der Waals surface area contributed by atoms with E-state index in [0.29, 0.717) is 13.0 Å². The van der Waals surface area contributed by atoms with Crippen LogP contribution >= 0.6 is 0 Å². The molecule has 0 radical (unpaired) electrons. The van der Waals surface area contributed by atoms with Crippen LogP contribution in [-0.4, -0.2) is 35.2 Å². The quantitative estimate of drug-likeness (QED) is 0.750. The van der Waals surface area contributed by atoms with Gasteiger partial charge in [0.1, 0.15) is 5.67 Å². The monoisotopic (exact) mass is 230 g/mol. The maximum absolute atomic E-state index is 14.4. The minimum atomic E-state index is -1.20. The van der Waals surface area contributed by atoms with E-state index in [0.717, 1.165) is 0 Å². The zero-order chi connectivity index (χ0) is 12.8. The van der Waals surface area contributed by atoms with Crippen molar-refractivity contribution in [2.75, 3.05) is 13.1 Å². The Morgan fingerprint density at radius 3 is 2.00 bits per heavy atom. The highest BCUT2D eigenvalue weighted by Gasteiger charge is 2.50. The van der Waals surface area contributed by atoms with Crippen molar-refractivity contribution in [3.63, 3.8) is 0 Å². The van der Waals surface area contributed by atoms with Crippen LogP contribution in [-0.2, 0) is 0 Å². The van der Waals surface area contributed by atoms with Gasteiger partial charge < -0.3 is 5.73 Å². The van der Waals surface area contributed by atoms with Crippen LogP contribution in [0.15, 0.2) is 0 Å². The van der Waals surface area contributed by atoms with E-state index in [1.807, 2.05) is 0 Å². The number of likely N-dealkylation sites (tertiary alicyclic amines) is 1. The van der Waals surface area contributed by atoms with Gasteiger partial charge in [-0.1, -0.05) is 20.8 Å². The third-order valence-corrected chi connectivity index (χ3v) is 3.62. The molecule has 16 heavy (non-hydrogen) atoms. The summed E-state index contributed by atoms with van der Waals surface area (Å²) in [5.74, 6) is 0. The van der Waals surface area contributed by atoms with Gasteiger partial charge in [0.25, 0.3) is 0 Å². The van der Waals surface area contributed by atoms with Crippen molar-refractivity contribution in [2.45, 2.75) is 65.2 Å². The highest BCUT2D eigenvalue weighted by Crippen LogP contribution is 2.42. The molecule has 0 aliphatic carbocycles. The average molecular weight is 230 g/mol. The summed E-state index contributed by atoms with van der Waals surface area (Å²) in [4.78, 5) is 2.28. The first-order chi connectivity index (χ1) is 6.99. The van der Waals surface area contributed by atoms with Crippen molar-refractivity contribution in [3.05, 3.63) is 0 Å². The van der Waals surface area contributed by atoms with Gasteiger partial charge in [0.15, 0.2) is 0 Å². The molecule has 0 spiro atoms. The van der Waals surface area contributed by atoms with Crippen LogP contribution in [0, 0.1) is 5.41 Å². The molecule has 1 saturated heterocycles. The summed E-state index contributed by atoms with van der Waals surface area (Å²) in [5.41, 5.74) is 4.47. The number of nitrogens with two attached hydrogens (primary N) is 1. The van der Waals surface area contributed by atoms with Crippen LogP contribution < -0.4 is 5.73 Å². The molecule has 2 atom stereocenters. The maximum atomic E-state index is 14.4. The number of rotatable bonds is 1. The summed E-state index contributed by atoms with van der Waals surface area (Å²) >= 11 is 0. The Hall–Kier alpha value is -0.150. The lowest BCUT2D eigenvalue weighted by Gasteiger charge is -2.42. The molecule has 1 heterocycles.